The van der Waals surface area contributed by atoms with Gasteiger partial charge in [0.25, 0.3) is 5.91 Å². The second kappa shape index (κ2) is 9.85. The minimum Gasteiger partial charge on any atom is -0.313 e. The third kappa shape index (κ3) is 5.58. The summed E-state index contributed by atoms with van der Waals surface area (Å²) < 4.78 is 0. The molecule has 8 heteroatoms. The van der Waals surface area contributed by atoms with Crippen LogP contribution in [0.1, 0.15) is 53.0 Å². The van der Waals surface area contributed by atoms with Crippen molar-refractivity contribution in [3.63, 3.8) is 0 Å². The fraction of sp³-hybridized carbons (Fsp3) is 0.360. The Bertz CT molecular complexity index is 1130. The van der Waals surface area contributed by atoms with Crippen molar-refractivity contribution >= 4 is 29.6 Å². The topological polar surface area (TPSA) is 118 Å². The van der Waals surface area contributed by atoms with Crippen molar-refractivity contribution in [2.45, 2.75) is 45.1 Å². The number of amides is 1. The van der Waals surface area contributed by atoms with Crippen molar-refractivity contribution in [1.82, 2.24) is 14.9 Å². The van der Waals surface area contributed by atoms with Crippen LogP contribution in [-0.2, 0) is 6.42 Å². The number of pyridine rings is 2. The molecule has 0 saturated heterocycles. The third-order valence-corrected chi connectivity index (χ3v) is 5.90. The fourth-order valence-corrected chi connectivity index (χ4v) is 3.64. The largest absolute Gasteiger partial charge is 0.313 e. The number of anilines is 1. The number of carbonyl (C=O) groups is 1. The first-order chi connectivity index (χ1) is 16.0. The number of aromatic nitrogens is 2. The van der Waals surface area contributed by atoms with E-state index in [-0.39, 0.29) is 17.8 Å². The highest BCUT2D eigenvalue weighted by atomic mass is 16.1. The highest BCUT2D eigenvalue weighted by Crippen LogP contribution is 2.31. The lowest BCUT2D eigenvalue weighted by molar-refractivity contribution is 0.102. The van der Waals surface area contributed by atoms with E-state index in [1.165, 1.54) is 19.2 Å². The molecule has 0 unspecified atom stereocenters. The molecule has 0 spiro atoms. The molecule has 2 saturated carbocycles. The molecule has 2 aromatic rings. The Morgan fingerprint density at radius 1 is 1.27 bits per heavy atom. The van der Waals surface area contributed by atoms with Gasteiger partial charge in [-0.3, -0.25) is 25.6 Å². The van der Waals surface area contributed by atoms with Crippen molar-refractivity contribution in [3.8, 4) is 0 Å². The molecular formula is C25H29N7O. The highest BCUT2D eigenvalue weighted by molar-refractivity contribution is 6.04. The predicted molar refractivity (Wildman–Crippen MR) is 131 cm³/mol. The van der Waals surface area contributed by atoms with Crippen molar-refractivity contribution in [3.05, 3.63) is 65.1 Å². The zero-order chi connectivity index (χ0) is 23.4. The normalized spacial score (nSPS) is 16.0. The van der Waals surface area contributed by atoms with Gasteiger partial charge >= 0.3 is 0 Å². The molecule has 2 aliphatic rings. The van der Waals surface area contributed by atoms with Crippen LogP contribution in [0.2, 0.25) is 0 Å². The number of amidine groups is 1. The summed E-state index contributed by atoms with van der Waals surface area (Å²) >= 11 is 0. The van der Waals surface area contributed by atoms with E-state index in [0.717, 1.165) is 29.7 Å². The van der Waals surface area contributed by atoms with Gasteiger partial charge in [-0.2, -0.15) is 0 Å². The van der Waals surface area contributed by atoms with Crippen molar-refractivity contribution in [1.29, 1.82) is 10.8 Å². The summed E-state index contributed by atoms with van der Waals surface area (Å²) in [5.74, 6) is 0.759. The Kier molecular flexibility index (Phi) is 6.72. The van der Waals surface area contributed by atoms with Gasteiger partial charge < -0.3 is 10.2 Å². The standard InChI is InChI=1S/C25H29N7O/c1-16-14-29-22(13-18(16)5-3-6-20(28-2)17-9-10-17)25(33)31-23-8-4-7-21(30-23)24(27)32(15-26)19-11-12-19/h3-4,6-8,13-15,17,19,26-27H,5,9-12H2,1-2H3,(H,30,31,33)/b6-3-,26-15?,27-24?,28-20?. The zero-order valence-electron chi connectivity index (χ0n) is 19.0. The molecule has 2 heterocycles. The lowest BCUT2D eigenvalue weighted by Gasteiger charge is -2.18. The molecule has 2 aromatic heterocycles. The molecule has 4 rings (SSSR count). The van der Waals surface area contributed by atoms with Gasteiger partial charge in [-0.25, -0.2) is 4.98 Å². The average molecular weight is 444 g/mol. The molecule has 2 fully saturated rings. The van der Waals surface area contributed by atoms with Gasteiger partial charge in [0.05, 0.1) is 6.34 Å². The number of nitrogens with one attached hydrogen (secondary N) is 3. The SMILES string of the molecule is CN=C(/C=C\Cc1cc(C(=O)Nc2cccc(C(=N)N(C=N)C3CC3)n2)ncc1C)C1CC1. The summed E-state index contributed by atoms with van der Waals surface area (Å²) in [7, 11) is 1.83. The van der Waals surface area contributed by atoms with E-state index < -0.39 is 0 Å². The molecule has 170 valence electrons. The number of aryl methyl sites for hydroxylation is 1. The predicted octanol–water partition coefficient (Wildman–Crippen LogP) is 4.01. The number of nitrogens with zero attached hydrogens (tertiary/aromatic N) is 4. The molecule has 2 aliphatic carbocycles. The molecule has 0 bridgehead atoms. The molecule has 0 radical (unpaired) electrons. The van der Waals surface area contributed by atoms with E-state index >= 15 is 0 Å². The molecule has 0 aromatic carbocycles. The Morgan fingerprint density at radius 2 is 2.06 bits per heavy atom. The van der Waals surface area contributed by atoms with Crippen molar-refractivity contribution in [2.24, 2.45) is 10.9 Å². The maximum atomic E-state index is 12.8. The van der Waals surface area contributed by atoms with Crippen molar-refractivity contribution < 1.29 is 4.79 Å². The van der Waals surface area contributed by atoms with Crippen LogP contribution < -0.4 is 5.32 Å². The highest BCUT2D eigenvalue weighted by Gasteiger charge is 2.30. The lowest BCUT2D eigenvalue weighted by atomic mass is 10.1. The van der Waals surface area contributed by atoms with Gasteiger partial charge in [-0.1, -0.05) is 12.1 Å². The van der Waals surface area contributed by atoms with Crippen LogP contribution in [0.25, 0.3) is 0 Å². The van der Waals surface area contributed by atoms with Crippen LogP contribution in [0, 0.1) is 23.7 Å². The maximum absolute atomic E-state index is 12.8. The maximum Gasteiger partial charge on any atom is 0.275 e. The van der Waals surface area contributed by atoms with Crippen LogP contribution in [0.3, 0.4) is 0 Å². The second-order valence-corrected chi connectivity index (χ2v) is 8.50. The molecule has 33 heavy (non-hydrogen) atoms. The summed E-state index contributed by atoms with van der Waals surface area (Å²) in [5.41, 5.74) is 3.93. The first-order valence-electron chi connectivity index (χ1n) is 11.2. The van der Waals surface area contributed by atoms with Crippen LogP contribution in [-0.4, -0.2) is 51.8 Å². The quantitative estimate of drug-likeness (QED) is 0.401. The van der Waals surface area contributed by atoms with Gasteiger partial charge in [0.15, 0.2) is 5.84 Å². The van der Waals surface area contributed by atoms with Gasteiger partial charge in [0.1, 0.15) is 17.2 Å². The molecule has 8 nitrogen and oxygen atoms in total. The zero-order valence-corrected chi connectivity index (χ0v) is 19.0. The molecule has 0 aliphatic heterocycles. The fourth-order valence-electron chi connectivity index (χ4n) is 3.64. The van der Waals surface area contributed by atoms with E-state index in [1.54, 1.807) is 29.3 Å². The molecule has 3 N–H and O–H groups in total. The summed E-state index contributed by atoms with van der Waals surface area (Å²) in [6.07, 6.45) is 12.1. The first-order valence-corrected chi connectivity index (χ1v) is 11.2. The van der Waals surface area contributed by atoms with Gasteiger partial charge in [0.2, 0.25) is 0 Å². The monoisotopic (exact) mass is 443 g/mol. The molecule has 0 atom stereocenters. The van der Waals surface area contributed by atoms with Crippen LogP contribution in [0.5, 0.6) is 0 Å². The number of aliphatic imine (C=N–C) groups is 1. The Labute approximate surface area is 193 Å². The number of hydrogen-bond donors (Lipinski definition) is 3. The summed E-state index contributed by atoms with van der Waals surface area (Å²) in [6.45, 7) is 1.99. The van der Waals surface area contributed by atoms with Crippen LogP contribution in [0.4, 0.5) is 5.82 Å². The van der Waals surface area contributed by atoms with E-state index in [2.05, 4.69) is 32.4 Å². The number of allylic oxidation sites excluding steroid dienone is 2. The average Bonchev–Trinajstić information content (AvgIpc) is 3.73. The minimum absolute atomic E-state index is 0.160. The van der Waals surface area contributed by atoms with Gasteiger partial charge in [-0.15, -0.1) is 0 Å². The Hall–Kier alpha value is -3.68. The Balaban J connectivity index is 1.44. The summed E-state index contributed by atoms with van der Waals surface area (Å²) in [4.78, 5) is 27.5. The van der Waals surface area contributed by atoms with E-state index in [0.29, 0.717) is 29.5 Å². The van der Waals surface area contributed by atoms with Gasteiger partial charge in [-0.05, 0) is 74.4 Å². The van der Waals surface area contributed by atoms with Gasteiger partial charge in [0, 0.05) is 30.9 Å². The number of carbonyl (C=O) groups excluding carboxylic acids is 1. The third-order valence-electron chi connectivity index (χ3n) is 5.90. The van der Waals surface area contributed by atoms with E-state index in [1.807, 2.05) is 20.0 Å². The molecular weight excluding hydrogens is 414 g/mol. The smallest absolute Gasteiger partial charge is 0.275 e. The Morgan fingerprint density at radius 3 is 2.73 bits per heavy atom. The summed E-state index contributed by atoms with van der Waals surface area (Å²) in [5, 5.41) is 18.7. The van der Waals surface area contributed by atoms with Crippen LogP contribution in [0.15, 0.2) is 47.6 Å². The van der Waals surface area contributed by atoms with Crippen molar-refractivity contribution in [2.75, 3.05) is 12.4 Å². The van der Waals surface area contributed by atoms with E-state index in [9.17, 15) is 4.79 Å². The number of hydrogen-bond acceptors (Lipinski definition) is 6. The summed E-state index contributed by atoms with van der Waals surface area (Å²) in [6, 6.07) is 7.14. The second-order valence-electron chi connectivity index (χ2n) is 8.50. The first kappa shape index (κ1) is 22.5. The van der Waals surface area contributed by atoms with E-state index in [4.69, 9.17) is 10.8 Å². The lowest BCUT2D eigenvalue weighted by Crippen LogP contribution is -2.32. The van der Waals surface area contributed by atoms with Crippen LogP contribution >= 0.6 is 0 Å². The number of rotatable bonds is 9. The minimum atomic E-state index is -0.351. The molecule has 1 amide bonds.